The van der Waals surface area contributed by atoms with Crippen molar-refractivity contribution in [3.8, 4) is 0 Å². The van der Waals surface area contributed by atoms with Crippen LogP contribution in [0.1, 0.15) is 45.6 Å². The molecule has 2 rings (SSSR count). The minimum atomic E-state index is 0.640. The van der Waals surface area contributed by atoms with Gasteiger partial charge in [-0.2, -0.15) is 0 Å². The van der Waals surface area contributed by atoms with Crippen molar-refractivity contribution in [2.45, 2.75) is 58.5 Å². The lowest BCUT2D eigenvalue weighted by atomic mass is 9.89. The summed E-state index contributed by atoms with van der Waals surface area (Å²) in [6, 6.07) is 12.3. The highest BCUT2D eigenvalue weighted by Gasteiger charge is 2.26. The number of piperidine rings is 1. The molecule has 1 heterocycles. The van der Waals surface area contributed by atoms with E-state index in [1.807, 2.05) is 0 Å². The Bertz CT molecular complexity index is 382. The van der Waals surface area contributed by atoms with Crippen molar-refractivity contribution in [1.82, 2.24) is 10.2 Å². The molecule has 0 amide bonds. The summed E-state index contributed by atoms with van der Waals surface area (Å²) >= 11 is 0. The Morgan fingerprint density at radius 2 is 1.81 bits per heavy atom. The van der Waals surface area contributed by atoms with Gasteiger partial charge in [0.2, 0.25) is 0 Å². The Balaban J connectivity index is 1.80. The van der Waals surface area contributed by atoms with Crippen molar-refractivity contribution in [3.05, 3.63) is 35.9 Å². The lowest BCUT2D eigenvalue weighted by Gasteiger charge is -2.39. The van der Waals surface area contributed by atoms with E-state index < -0.39 is 0 Å². The van der Waals surface area contributed by atoms with Crippen molar-refractivity contribution in [2.75, 3.05) is 19.6 Å². The first-order valence-corrected chi connectivity index (χ1v) is 8.76. The highest BCUT2D eigenvalue weighted by atomic mass is 15.2. The number of rotatable bonds is 7. The molecule has 118 valence electrons. The van der Waals surface area contributed by atoms with E-state index in [0.29, 0.717) is 12.1 Å². The molecule has 1 saturated heterocycles. The Morgan fingerprint density at radius 3 is 2.38 bits per heavy atom. The van der Waals surface area contributed by atoms with Gasteiger partial charge >= 0.3 is 0 Å². The minimum Gasteiger partial charge on any atom is -0.313 e. The molecule has 1 fully saturated rings. The highest BCUT2D eigenvalue weighted by molar-refractivity contribution is 5.15. The van der Waals surface area contributed by atoms with E-state index >= 15 is 0 Å². The first-order chi connectivity index (χ1) is 10.2. The number of likely N-dealkylation sites (N-methyl/N-ethyl adjacent to an activating group) is 1. The van der Waals surface area contributed by atoms with Crippen LogP contribution in [0, 0.1) is 5.92 Å². The van der Waals surface area contributed by atoms with Gasteiger partial charge in [-0.3, -0.25) is 4.90 Å². The van der Waals surface area contributed by atoms with Gasteiger partial charge in [-0.15, -0.1) is 0 Å². The van der Waals surface area contributed by atoms with E-state index in [-0.39, 0.29) is 0 Å². The molecule has 0 bridgehead atoms. The van der Waals surface area contributed by atoms with Crippen LogP contribution in [0.15, 0.2) is 30.3 Å². The van der Waals surface area contributed by atoms with E-state index in [4.69, 9.17) is 0 Å². The smallest absolute Gasteiger partial charge is 0.0220 e. The van der Waals surface area contributed by atoms with Gasteiger partial charge in [0, 0.05) is 12.1 Å². The van der Waals surface area contributed by atoms with Crippen molar-refractivity contribution < 1.29 is 0 Å². The molecule has 1 aliphatic heterocycles. The molecule has 1 N–H and O–H groups in total. The van der Waals surface area contributed by atoms with Crippen molar-refractivity contribution in [3.63, 3.8) is 0 Å². The molecule has 2 heteroatoms. The second-order valence-corrected chi connectivity index (χ2v) is 6.48. The molecule has 1 aliphatic rings. The lowest BCUT2D eigenvalue weighted by molar-refractivity contribution is 0.115. The van der Waals surface area contributed by atoms with Crippen LogP contribution in [0.5, 0.6) is 0 Å². The zero-order chi connectivity index (χ0) is 15.1. The third kappa shape index (κ3) is 4.82. The van der Waals surface area contributed by atoms with Crippen LogP contribution >= 0.6 is 0 Å². The summed E-state index contributed by atoms with van der Waals surface area (Å²) in [5.41, 5.74) is 1.50. The van der Waals surface area contributed by atoms with Crippen LogP contribution < -0.4 is 5.32 Å². The summed E-state index contributed by atoms with van der Waals surface area (Å²) in [7, 11) is 0. The predicted octanol–water partition coefficient (Wildman–Crippen LogP) is 3.72. The number of nitrogens with zero attached hydrogens (tertiary/aromatic N) is 1. The molecule has 0 aromatic heterocycles. The Kier molecular flexibility index (Phi) is 6.72. The van der Waals surface area contributed by atoms with Gasteiger partial charge in [-0.1, -0.05) is 44.2 Å². The number of nitrogens with one attached hydrogen (secondary N) is 1. The summed E-state index contributed by atoms with van der Waals surface area (Å²) in [6.45, 7) is 10.5. The number of hydrogen-bond donors (Lipinski definition) is 1. The molecule has 0 radical (unpaired) electrons. The number of benzene rings is 1. The second-order valence-electron chi connectivity index (χ2n) is 6.48. The average molecular weight is 288 g/mol. The molecule has 2 unspecified atom stereocenters. The topological polar surface area (TPSA) is 15.3 Å². The van der Waals surface area contributed by atoms with E-state index in [2.05, 4.69) is 61.3 Å². The van der Waals surface area contributed by atoms with E-state index in [9.17, 15) is 0 Å². The zero-order valence-corrected chi connectivity index (χ0v) is 14.0. The predicted molar refractivity (Wildman–Crippen MR) is 91.7 cm³/mol. The van der Waals surface area contributed by atoms with Crippen LogP contribution in [-0.2, 0) is 6.42 Å². The molecule has 1 aromatic carbocycles. The average Bonchev–Trinajstić information content (AvgIpc) is 2.54. The molecule has 0 aliphatic carbocycles. The van der Waals surface area contributed by atoms with Gasteiger partial charge in [0.05, 0.1) is 0 Å². The lowest BCUT2D eigenvalue weighted by Crippen LogP contribution is -2.50. The summed E-state index contributed by atoms with van der Waals surface area (Å²) in [5, 5.41) is 3.64. The maximum absolute atomic E-state index is 3.64. The SMILES string of the molecule is CCNC(CC)C(C)N1CCC(Cc2ccccc2)CC1. The van der Waals surface area contributed by atoms with Gasteiger partial charge in [0.25, 0.3) is 0 Å². The van der Waals surface area contributed by atoms with Gasteiger partial charge in [-0.25, -0.2) is 0 Å². The standard InChI is InChI=1S/C19H32N2/c1-4-19(20-5-2)16(3)21-13-11-18(12-14-21)15-17-9-7-6-8-10-17/h6-10,16,18-20H,4-5,11-15H2,1-3H3. The summed E-state index contributed by atoms with van der Waals surface area (Å²) in [6.07, 6.45) is 5.18. The number of hydrogen-bond acceptors (Lipinski definition) is 2. The fourth-order valence-corrected chi connectivity index (χ4v) is 3.68. The van der Waals surface area contributed by atoms with E-state index in [1.165, 1.54) is 44.3 Å². The van der Waals surface area contributed by atoms with Gasteiger partial charge in [0.15, 0.2) is 0 Å². The van der Waals surface area contributed by atoms with Crippen LogP contribution in [-0.4, -0.2) is 36.6 Å². The second kappa shape index (κ2) is 8.55. The maximum atomic E-state index is 3.64. The van der Waals surface area contributed by atoms with Crippen LogP contribution in [0.25, 0.3) is 0 Å². The maximum Gasteiger partial charge on any atom is 0.0220 e. The zero-order valence-electron chi connectivity index (χ0n) is 14.0. The molecular formula is C19H32N2. The van der Waals surface area contributed by atoms with E-state index in [0.717, 1.165) is 12.5 Å². The molecule has 21 heavy (non-hydrogen) atoms. The number of likely N-dealkylation sites (tertiary alicyclic amines) is 1. The summed E-state index contributed by atoms with van der Waals surface area (Å²) in [5.74, 6) is 0.870. The molecule has 2 nitrogen and oxygen atoms in total. The summed E-state index contributed by atoms with van der Waals surface area (Å²) in [4.78, 5) is 2.69. The Hall–Kier alpha value is -0.860. The first kappa shape index (κ1) is 16.5. The Labute approximate surface area is 130 Å². The monoisotopic (exact) mass is 288 g/mol. The van der Waals surface area contributed by atoms with Gasteiger partial charge in [-0.05, 0) is 63.7 Å². The third-order valence-corrected chi connectivity index (χ3v) is 5.08. The highest BCUT2D eigenvalue weighted by Crippen LogP contribution is 2.24. The Morgan fingerprint density at radius 1 is 1.14 bits per heavy atom. The van der Waals surface area contributed by atoms with Gasteiger partial charge < -0.3 is 5.32 Å². The third-order valence-electron chi connectivity index (χ3n) is 5.08. The molecule has 2 atom stereocenters. The summed E-state index contributed by atoms with van der Waals surface area (Å²) < 4.78 is 0. The van der Waals surface area contributed by atoms with Crippen molar-refractivity contribution >= 4 is 0 Å². The molecular weight excluding hydrogens is 256 g/mol. The molecule has 0 spiro atoms. The largest absolute Gasteiger partial charge is 0.313 e. The van der Waals surface area contributed by atoms with Gasteiger partial charge in [0.1, 0.15) is 0 Å². The quantitative estimate of drug-likeness (QED) is 0.822. The van der Waals surface area contributed by atoms with Crippen LogP contribution in [0.2, 0.25) is 0 Å². The fraction of sp³-hybridized carbons (Fsp3) is 0.684. The minimum absolute atomic E-state index is 0.640. The molecule has 0 saturated carbocycles. The van der Waals surface area contributed by atoms with Crippen molar-refractivity contribution in [1.29, 1.82) is 0 Å². The van der Waals surface area contributed by atoms with E-state index in [1.54, 1.807) is 0 Å². The molecule has 1 aromatic rings. The first-order valence-electron chi connectivity index (χ1n) is 8.76. The van der Waals surface area contributed by atoms with Crippen molar-refractivity contribution in [2.24, 2.45) is 5.92 Å². The normalized spacial score (nSPS) is 20.3. The van der Waals surface area contributed by atoms with Crippen LogP contribution in [0.3, 0.4) is 0 Å². The fourth-order valence-electron chi connectivity index (χ4n) is 3.68. The van der Waals surface area contributed by atoms with Crippen LogP contribution in [0.4, 0.5) is 0 Å².